The number of hydrogen-bond acceptors (Lipinski definition) is 5. The second-order valence-electron chi connectivity index (χ2n) is 7.16. The van der Waals surface area contributed by atoms with Crippen molar-refractivity contribution in [2.75, 3.05) is 19.5 Å². The zero-order chi connectivity index (χ0) is 21.1. The summed E-state index contributed by atoms with van der Waals surface area (Å²) in [4.78, 5) is 17.0. The molecular formula is C23H27N3O3. The molecule has 0 saturated heterocycles. The second kappa shape index (κ2) is 8.39. The first kappa shape index (κ1) is 20.5. The van der Waals surface area contributed by atoms with E-state index in [0.717, 1.165) is 11.1 Å². The molecule has 1 aromatic heterocycles. The molecule has 0 bridgehead atoms. The van der Waals surface area contributed by atoms with E-state index in [1.807, 2.05) is 44.2 Å². The van der Waals surface area contributed by atoms with Gasteiger partial charge < -0.3 is 20.1 Å². The number of methoxy groups -OCH3 is 1. The Morgan fingerprint density at radius 3 is 2.69 bits per heavy atom. The number of nitrogens with one attached hydrogen (secondary N) is 2. The average Bonchev–Trinajstić information content (AvgIpc) is 2.73. The van der Waals surface area contributed by atoms with E-state index in [2.05, 4.69) is 29.5 Å². The summed E-state index contributed by atoms with van der Waals surface area (Å²) in [5.74, 6) is 1.91. The topological polar surface area (TPSA) is 72.5 Å². The van der Waals surface area contributed by atoms with Gasteiger partial charge in [0.1, 0.15) is 17.1 Å². The van der Waals surface area contributed by atoms with E-state index in [1.165, 1.54) is 0 Å². The van der Waals surface area contributed by atoms with Gasteiger partial charge in [0.05, 0.1) is 18.4 Å². The van der Waals surface area contributed by atoms with E-state index in [4.69, 9.17) is 9.47 Å². The van der Waals surface area contributed by atoms with Crippen LogP contribution in [0, 0.1) is 0 Å². The Hall–Kier alpha value is -3.28. The van der Waals surface area contributed by atoms with Crippen LogP contribution < -0.4 is 20.1 Å². The highest BCUT2D eigenvalue weighted by Crippen LogP contribution is 2.50. The number of nitrogens with zero attached hydrogens (tertiary/aromatic N) is 1. The minimum atomic E-state index is -0.243. The lowest BCUT2D eigenvalue weighted by atomic mass is 10.00. The highest BCUT2D eigenvalue weighted by Gasteiger charge is 2.29. The van der Waals surface area contributed by atoms with Crippen molar-refractivity contribution in [3.05, 3.63) is 53.4 Å². The molecule has 1 aromatic carbocycles. The van der Waals surface area contributed by atoms with Gasteiger partial charge in [0.25, 0.3) is 5.91 Å². The van der Waals surface area contributed by atoms with Crippen molar-refractivity contribution in [2.45, 2.75) is 33.6 Å². The van der Waals surface area contributed by atoms with Crippen LogP contribution in [0.2, 0.25) is 0 Å². The zero-order valence-electron chi connectivity index (χ0n) is 17.7. The Kier molecular flexibility index (Phi) is 5.92. The van der Waals surface area contributed by atoms with E-state index in [9.17, 15) is 4.79 Å². The van der Waals surface area contributed by atoms with Crippen molar-refractivity contribution in [2.24, 2.45) is 0 Å². The summed E-state index contributed by atoms with van der Waals surface area (Å²) >= 11 is 0. The van der Waals surface area contributed by atoms with E-state index in [-0.39, 0.29) is 5.91 Å². The predicted octanol–water partition coefficient (Wildman–Crippen LogP) is 5.40. The van der Waals surface area contributed by atoms with Gasteiger partial charge in [-0.1, -0.05) is 32.1 Å². The van der Waals surface area contributed by atoms with Crippen LogP contribution in [-0.4, -0.2) is 25.0 Å². The summed E-state index contributed by atoms with van der Waals surface area (Å²) in [5.41, 5.74) is 4.39. The van der Waals surface area contributed by atoms with Crippen LogP contribution in [0.5, 0.6) is 17.2 Å². The van der Waals surface area contributed by atoms with Gasteiger partial charge in [-0.05, 0) is 43.0 Å². The van der Waals surface area contributed by atoms with E-state index in [0.29, 0.717) is 45.8 Å². The van der Waals surface area contributed by atoms with Gasteiger partial charge >= 0.3 is 0 Å². The fourth-order valence-electron chi connectivity index (χ4n) is 3.17. The molecule has 0 atom stereocenters. The summed E-state index contributed by atoms with van der Waals surface area (Å²) in [6.45, 7) is 8.15. The van der Waals surface area contributed by atoms with Gasteiger partial charge in [0, 0.05) is 13.2 Å². The number of ether oxygens (including phenoxy) is 2. The number of amides is 1. The largest absolute Gasteiger partial charge is 0.494 e. The van der Waals surface area contributed by atoms with Crippen molar-refractivity contribution in [1.29, 1.82) is 0 Å². The predicted molar refractivity (Wildman–Crippen MR) is 117 cm³/mol. The molecule has 1 amide bonds. The average molecular weight is 393 g/mol. The lowest BCUT2D eigenvalue weighted by Crippen LogP contribution is -2.21. The smallest absolute Gasteiger partial charge is 0.254 e. The third-order valence-electron chi connectivity index (χ3n) is 4.86. The van der Waals surface area contributed by atoms with E-state index in [1.54, 1.807) is 20.4 Å². The third kappa shape index (κ3) is 3.83. The van der Waals surface area contributed by atoms with Crippen molar-refractivity contribution < 1.29 is 14.3 Å². The molecule has 0 aliphatic carbocycles. The van der Waals surface area contributed by atoms with Crippen LogP contribution in [-0.2, 0) is 0 Å². The number of carbonyl (C=O) groups is 1. The van der Waals surface area contributed by atoms with Gasteiger partial charge in [-0.15, -0.1) is 0 Å². The maximum Gasteiger partial charge on any atom is 0.254 e. The zero-order valence-corrected chi connectivity index (χ0v) is 17.7. The number of fused-ring (bicyclic) bond motifs is 2. The van der Waals surface area contributed by atoms with Crippen molar-refractivity contribution in [3.8, 4) is 17.2 Å². The van der Waals surface area contributed by atoms with Crippen LogP contribution >= 0.6 is 0 Å². The summed E-state index contributed by atoms with van der Waals surface area (Å²) in [5, 5.41) is 6.02. The van der Waals surface area contributed by atoms with Crippen LogP contribution in [0.25, 0.3) is 5.57 Å². The molecule has 2 aromatic rings. The molecule has 3 rings (SSSR count). The van der Waals surface area contributed by atoms with E-state index < -0.39 is 0 Å². The summed E-state index contributed by atoms with van der Waals surface area (Å²) in [6.07, 6.45) is 7.42. The maximum atomic E-state index is 12.4. The molecule has 0 unspecified atom stereocenters. The van der Waals surface area contributed by atoms with Gasteiger partial charge in [-0.25, -0.2) is 0 Å². The highest BCUT2D eigenvalue weighted by atomic mass is 16.5. The molecule has 29 heavy (non-hydrogen) atoms. The highest BCUT2D eigenvalue weighted by molar-refractivity contribution is 6.03. The van der Waals surface area contributed by atoms with Gasteiger partial charge in [-0.2, -0.15) is 0 Å². The molecule has 6 nitrogen and oxygen atoms in total. The Morgan fingerprint density at radius 1 is 1.31 bits per heavy atom. The van der Waals surface area contributed by atoms with Crippen molar-refractivity contribution >= 4 is 22.9 Å². The number of carbonyl (C=O) groups excluding carboxylic acids is 1. The van der Waals surface area contributed by atoms with Gasteiger partial charge in [0.15, 0.2) is 11.5 Å². The number of rotatable bonds is 5. The van der Waals surface area contributed by atoms with Crippen LogP contribution in [0.1, 0.15) is 55.2 Å². The molecule has 0 spiro atoms. The fraction of sp³-hybridized carbons (Fsp3) is 0.304. The van der Waals surface area contributed by atoms with Crippen LogP contribution in [0.4, 0.5) is 11.4 Å². The summed E-state index contributed by atoms with van der Waals surface area (Å²) < 4.78 is 11.9. The number of pyridine rings is 1. The summed E-state index contributed by atoms with van der Waals surface area (Å²) in [7, 11) is 3.21. The van der Waals surface area contributed by atoms with Gasteiger partial charge in [-0.3, -0.25) is 9.78 Å². The molecule has 152 valence electrons. The standard InChI is InChI=1S/C23H27N3O3/c1-7-8-9-14(4)19-22-20(16(12-25-19)23(27)24-5)26-21-17(28-6)10-15(13(2)3)11-18(21)29-22/h7-13,26H,1-6H3,(H,24,27)/b8-7-,14-9+. The first-order valence-corrected chi connectivity index (χ1v) is 9.63. The SMILES string of the molecule is C/C=C\C=C(/C)c1ncc(C(=O)NC)c2c1Oc1cc(C(C)C)cc(OC)c1N2. The number of hydrogen-bond donors (Lipinski definition) is 2. The molecule has 0 saturated carbocycles. The monoisotopic (exact) mass is 393 g/mol. The Balaban J connectivity index is 2.23. The Bertz CT molecular complexity index is 1010. The third-order valence-corrected chi connectivity index (χ3v) is 4.86. The van der Waals surface area contributed by atoms with Crippen molar-refractivity contribution in [1.82, 2.24) is 10.3 Å². The molecule has 1 aliphatic heterocycles. The van der Waals surface area contributed by atoms with Gasteiger partial charge in [0.2, 0.25) is 0 Å². The number of anilines is 2. The quantitative estimate of drug-likeness (QED) is 0.568. The molecular weight excluding hydrogens is 366 g/mol. The van der Waals surface area contributed by atoms with E-state index >= 15 is 0 Å². The number of aromatic nitrogens is 1. The maximum absolute atomic E-state index is 12.4. The molecule has 0 radical (unpaired) electrons. The van der Waals surface area contributed by atoms with Crippen LogP contribution in [0.15, 0.2) is 36.6 Å². The summed E-state index contributed by atoms with van der Waals surface area (Å²) in [6, 6.07) is 3.99. The number of benzene rings is 1. The first-order valence-electron chi connectivity index (χ1n) is 9.63. The van der Waals surface area contributed by atoms with Crippen molar-refractivity contribution in [3.63, 3.8) is 0 Å². The second-order valence-corrected chi connectivity index (χ2v) is 7.16. The fourth-order valence-corrected chi connectivity index (χ4v) is 3.17. The minimum Gasteiger partial charge on any atom is -0.494 e. The Morgan fingerprint density at radius 2 is 2.07 bits per heavy atom. The minimum absolute atomic E-state index is 0.243. The lowest BCUT2D eigenvalue weighted by Gasteiger charge is -2.27. The lowest BCUT2D eigenvalue weighted by molar-refractivity contribution is 0.0963. The first-order chi connectivity index (χ1) is 13.9. The number of allylic oxidation sites excluding steroid dienone is 4. The molecule has 6 heteroatoms. The molecule has 0 fully saturated rings. The normalized spacial score (nSPS) is 12.9. The molecule has 2 N–H and O–H groups in total. The molecule has 2 heterocycles. The Labute approximate surface area is 171 Å². The molecule has 1 aliphatic rings. The van der Waals surface area contributed by atoms with Crippen LogP contribution in [0.3, 0.4) is 0 Å².